The molecule has 0 fully saturated rings. The molecule has 5 rings (SSSR count). The fourth-order valence-corrected chi connectivity index (χ4v) is 4.91. The summed E-state index contributed by atoms with van der Waals surface area (Å²) in [7, 11) is 3.13. The van der Waals surface area contributed by atoms with E-state index in [0.29, 0.717) is 75.0 Å². The van der Waals surface area contributed by atoms with Crippen molar-refractivity contribution in [1.29, 1.82) is 0 Å². The summed E-state index contributed by atoms with van der Waals surface area (Å²) < 4.78 is 23.0. The first-order valence-electron chi connectivity index (χ1n) is 11.0. The number of nitrogens with zero attached hydrogens (tertiary/aromatic N) is 1. The number of benzene rings is 3. The Bertz CT molecular complexity index is 1500. The highest BCUT2D eigenvalue weighted by molar-refractivity contribution is 6.35. The number of hydrogen-bond acceptors (Lipinski definition) is 6. The zero-order chi connectivity index (χ0) is 24.7. The van der Waals surface area contributed by atoms with Crippen LogP contribution < -0.4 is 19.6 Å². The number of hydrogen-bond donors (Lipinski definition) is 0. The zero-order valence-electron chi connectivity index (χ0n) is 19.5. The van der Waals surface area contributed by atoms with E-state index in [1.807, 2.05) is 24.3 Å². The number of rotatable bonds is 5. The van der Waals surface area contributed by atoms with Gasteiger partial charge in [-0.3, -0.25) is 9.69 Å². The molecule has 0 radical (unpaired) electrons. The molecule has 1 aliphatic heterocycles. The van der Waals surface area contributed by atoms with Gasteiger partial charge in [0.05, 0.1) is 30.7 Å². The molecule has 0 amide bonds. The van der Waals surface area contributed by atoms with E-state index >= 15 is 0 Å². The first kappa shape index (κ1) is 23.5. The first-order chi connectivity index (χ1) is 16.9. The quantitative estimate of drug-likeness (QED) is 0.307. The van der Waals surface area contributed by atoms with Gasteiger partial charge in [-0.2, -0.15) is 0 Å². The summed E-state index contributed by atoms with van der Waals surface area (Å²) in [5.41, 5.74) is 3.37. The maximum absolute atomic E-state index is 13.6. The summed E-state index contributed by atoms with van der Waals surface area (Å²) in [6.07, 6.45) is 0. The molecule has 0 aliphatic carbocycles. The minimum Gasteiger partial charge on any atom is -0.493 e. The van der Waals surface area contributed by atoms with Gasteiger partial charge < -0.3 is 18.6 Å². The molecule has 0 unspecified atom stereocenters. The third-order valence-electron chi connectivity index (χ3n) is 6.16. The number of aryl methyl sites for hydroxylation is 1. The highest BCUT2D eigenvalue weighted by atomic mass is 35.5. The van der Waals surface area contributed by atoms with Crippen molar-refractivity contribution in [3.63, 3.8) is 0 Å². The van der Waals surface area contributed by atoms with E-state index in [4.69, 9.17) is 41.8 Å². The Morgan fingerprint density at radius 2 is 1.80 bits per heavy atom. The number of methoxy groups -OCH3 is 2. The van der Waals surface area contributed by atoms with Gasteiger partial charge in [-0.15, -0.1) is 0 Å². The molecule has 0 atom stereocenters. The molecule has 4 aromatic rings. The standard InChI is InChI=1S/C27H23Cl2NO5/c1-15-25(16-5-8-23(32-2)24(10-16)33-3)26(31)19-7-9-22-20(27(19)35-15)13-30(14-34-22)12-17-4-6-18(28)11-21(17)29/h4-11H,12-14H2,1-3H3. The fraction of sp³-hybridized carbons (Fsp3) is 0.222. The van der Waals surface area contributed by atoms with Crippen LogP contribution in [0.5, 0.6) is 17.2 Å². The highest BCUT2D eigenvalue weighted by Gasteiger charge is 2.25. The van der Waals surface area contributed by atoms with E-state index in [2.05, 4.69) is 4.90 Å². The maximum atomic E-state index is 13.6. The third kappa shape index (κ3) is 4.33. The van der Waals surface area contributed by atoms with Crippen LogP contribution in [-0.4, -0.2) is 25.9 Å². The molecule has 6 nitrogen and oxygen atoms in total. The van der Waals surface area contributed by atoms with Gasteiger partial charge in [0.25, 0.3) is 0 Å². The molecular weight excluding hydrogens is 489 g/mol. The van der Waals surface area contributed by atoms with Gasteiger partial charge in [0, 0.05) is 23.1 Å². The lowest BCUT2D eigenvalue weighted by atomic mass is 10.00. The molecule has 2 heterocycles. The predicted octanol–water partition coefficient (Wildman–Crippen LogP) is 6.44. The Labute approximate surface area is 212 Å². The normalized spacial score (nSPS) is 13.4. The summed E-state index contributed by atoms with van der Waals surface area (Å²) in [5.74, 6) is 2.35. The van der Waals surface area contributed by atoms with Crippen molar-refractivity contribution in [3.05, 3.63) is 85.7 Å². The molecular formula is C27H23Cl2NO5. The van der Waals surface area contributed by atoms with Crippen LogP contribution in [0, 0.1) is 6.92 Å². The van der Waals surface area contributed by atoms with Crippen LogP contribution in [0.15, 0.2) is 57.7 Å². The lowest BCUT2D eigenvalue weighted by Crippen LogP contribution is -2.32. The lowest BCUT2D eigenvalue weighted by Gasteiger charge is -2.29. The molecule has 1 aliphatic rings. The maximum Gasteiger partial charge on any atom is 0.200 e. The highest BCUT2D eigenvalue weighted by Crippen LogP contribution is 2.37. The van der Waals surface area contributed by atoms with Gasteiger partial charge >= 0.3 is 0 Å². The van der Waals surface area contributed by atoms with E-state index in [9.17, 15) is 4.79 Å². The van der Waals surface area contributed by atoms with E-state index in [0.717, 1.165) is 11.1 Å². The van der Waals surface area contributed by atoms with Crippen molar-refractivity contribution >= 4 is 34.2 Å². The average Bonchev–Trinajstić information content (AvgIpc) is 2.85. The summed E-state index contributed by atoms with van der Waals surface area (Å²) >= 11 is 12.4. The van der Waals surface area contributed by atoms with E-state index in [1.54, 1.807) is 45.4 Å². The van der Waals surface area contributed by atoms with Gasteiger partial charge in [0.15, 0.2) is 11.5 Å². The second-order valence-electron chi connectivity index (χ2n) is 8.35. The van der Waals surface area contributed by atoms with Gasteiger partial charge in [0.2, 0.25) is 5.43 Å². The lowest BCUT2D eigenvalue weighted by molar-refractivity contribution is 0.0890. The summed E-state index contributed by atoms with van der Waals surface area (Å²) in [6.45, 7) is 3.30. The van der Waals surface area contributed by atoms with Crippen LogP contribution in [0.1, 0.15) is 16.9 Å². The van der Waals surface area contributed by atoms with Crippen LogP contribution in [0.25, 0.3) is 22.1 Å². The van der Waals surface area contributed by atoms with Crippen LogP contribution in [0.4, 0.5) is 0 Å². The Kier molecular flexibility index (Phi) is 6.36. The molecule has 8 heteroatoms. The van der Waals surface area contributed by atoms with Gasteiger partial charge in [-0.05, 0) is 54.4 Å². The van der Waals surface area contributed by atoms with E-state index in [-0.39, 0.29) is 5.43 Å². The Morgan fingerprint density at radius 1 is 1.00 bits per heavy atom. The van der Waals surface area contributed by atoms with Gasteiger partial charge in [0.1, 0.15) is 23.8 Å². The number of halogens is 2. The molecule has 1 aromatic heterocycles. The predicted molar refractivity (Wildman–Crippen MR) is 137 cm³/mol. The molecule has 0 bridgehead atoms. The van der Waals surface area contributed by atoms with Crippen molar-refractivity contribution in [2.75, 3.05) is 21.0 Å². The van der Waals surface area contributed by atoms with Crippen LogP contribution >= 0.6 is 23.2 Å². The second kappa shape index (κ2) is 9.46. The number of fused-ring (bicyclic) bond motifs is 3. The third-order valence-corrected chi connectivity index (χ3v) is 6.75. The Morgan fingerprint density at radius 3 is 2.54 bits per heavy atom. The summed E-state index contributed by atoms with van der Waals surface area (Å²) in [5, 5.41) is 1.68. The molecule has 0 N–H and O–H groups in total. The largest absolute Gasteiger partial charge is 0.493 e. The first-order valence-corrected chi connectivity index (χ1v) is 11.8. The van der Waals surface area contributed by atoms with E-state index < -0.39 is 0 Å². The van der Waals surface area contributed by atoms with Crippen molar-refractivity contribution in [2.45, 2.75) is 20.0 Å². The summed E-state index contributed by atoms with van der Waals surface area (Å²) in [6, 6.07) is 14.4. The molecule has 35 heavy (non-hydrogen) atoms. The average molecular weight is 512 g/mol. The van der Waals surface area contributed by atoms with Crippen LogP contribution in [0.2, 0.25) is 10.0 Å². The molecule has 0 spiro atoms. The van der Waals surface area contributed by atoms with Crippen LogP contribution in [-0.2, 0) is 13.1 Å². The van der Waals surface area contributed by atoms with Crippen molar-refractivity contribution in [1.82, 2.24) is 4.90 Å². The molecule has 3 aromatic carbocycles. The second-order valence-corrected chi connectivity index (χ2v) is 9.19. The Balaban J connectivity index is 1.55. The van der Waals surface area contributed by atoms with Crippen molar-refractivity contribution in [3.8, 4) is 28.4 Å². The van der Waals surface area contributed by atoms with Crippen LogP contribution in [0.3, 0.4) is 0 Å². The van der Waals surface area contributed by atoms with Gasteiger partial charge in [-0.1, -0.05) is 35.3 Å². The van der Waals surface area contributed by atoms with Gasteiger partial charge in [-0.25, -0.2) is 0 Å². The minimum absolute atomic E-state index is 0.114. The van der Waals surface area contributed by atoms with Crippen molar-refractivity contribution < 1.29 is 18.6 Å². The topological polar surface area (TPSA) is 61.1 Å². The molecule has 180 valence electrons. The smallest absolute Gasteiger partial charge is 0.200 e. The van der Waals surface area contributed by atoms with Crippen molar-refractivity contribution in [2.24, 2.45) is 0 Å². The fourth-order valence-electron chi connectivity index (χ4n) is 4.44. The SMILES string of the molecule is COc1ccc(-c2c(C)oc3c4c(ccc3c2=O)OCN(Cc2ccc(Cl)cc2Cl)C4)cc1OC. The molecule has 0 saturated heterocycles. The zero-order valence-corrected chi connectivity index (χ0v) is 21.0. The van der Waals surface area contributed by atoms with E-state index in [1.165, 1.54) is 0 Å². The minimum atomic E-state index is -0.114. The monoisotopic (exact) mass is 511 g/mol. The number of ether oxygens (including phenoxy) is 3. The molecule has 0 saturated carbocycles. The summed E-state index contributed by atoms with van der Waals surface area (Å²) in [4.78, 5) is 15.7. The Hall–Kier alpha value is -3.19.